The number of benzene rings is 3. The largest absolute Gasteiger partial charge is 0.416 e. The minimum atomic E-state index is -4.49. The SMILES string of the molecule is Cc1ccc(C2CC(c3ccc(C)c(C)c3)=NN2C(=O)CN(CCN2CCOCC2)C(=O)Nc2ccc(C(F)(F)F)cc2)cc1. The lowest BCUT2D eigenvalue weighted by atomic mass is 9.96. The summed E-state index contributed by atoms with van der Waals surface area (Å²) in [4.78, 5) is 31.1. The van der Waals surface area contributed by atoms with Crippen molar-refractivity contribution in [2.75, 3.05) is 51.3 Å². The van der Waals surface area contributed by atoms with Gasteiger partial charge in [-0.15, -0.1) is 0 Å². The number of halogens is 3. The molecule has 1 N–H and O–H groups in total. The van der Waals surface area contributed by atoms with Crippen LogP contribution in [0.2, 0.25) is 0 Å². The molecule has 45 heavy (non-hydrogen) atoms. The molecule has 0 bridgehead atoms. The Labute approximate surface area is 261 Å². The summed E-state index contributed by atoms with van der Waals surface area (Å²) in [5.41, 5.74) is 5.43. The molecule has 0 saturated carbocycles. The summed E-state index contributed by atoms with van der Waals surface area (Å²) in [5, 5.41) is 8.94. The summed E-state index contributed by atoms with van der Waals surface area (Å²) < 4.78 is 44.6. The van der Waals surface area contributed by atoms with Crippen molar-refractivity contribution in [1.29, 1.82) is 0 Å². The first-order valence-electron chi connectivity index (χ1n) is 15.0. The van der Waals surface area contributed by atoms with Gasteiger partial charge in [0.25, 0.3) is 5.91 Å². The third-order valence-corrected chi connectivity index (χ3v) is 8.33. The highest BCUT2D eigenvalue weighted by Crippen LogP contribution is 2.34. The van der Waals surface area contributed by atoms with Crippen LogP contribution in [0.3, 0.4) is 0 Å². The molecule has 5 rings (SSSR count). The van der Waals surface area contributed by atoms with E-state index in [1.807, 2.05) is 57.2 Å². The molecule has 3 aromatic rings. The van der Waals surface area contributed by atoms with Gasteiger partial charge in [-0.1, -0.05) is 42.0 Å². The van der Waals surface area contributed by atoms with Crippen molar-refractivity contribution in [2.24, 2.45) is 5.10 Å². The lowest BCUT2D eigenvalue weighted by Crippen LogP contribution is -2.47. The Hall–Kier alpha value is -4.22. The maximum atomic E-state index is 14.0. The Bertz CT molecular complexity index is 1530. The molecular formula is C34H38F3N5O3. The summed E-state index contributed by atoms with van der Waals surface area (Å²) in [7, 11) is 0. The average molecular weight is 622 g/mol. The molecule has 3 amide bonds. The molecule has 0 aliphatic carbocycles. The van der Waals surface area contributed by atoms with Gasteiger partial charge in [-0.3, -0.25) is 9.69 Å². The Morgan fingerprint density at radius 1 is 0.956 bits per heavy atom. The van der Waals surface area contributed by atoms with E-state index in [0.717, 1.165) is 45.7 Å². The number of hydrogen-bond acceptors (Lipinski definition) is 5. The molecule has 0 radical (unpaired) electrons. The molecule has 2 aliphatic heterocycles. The van der Waals surface area contributed by atoms with E-state index in [9.17, 15) is 22.8 Å². The average Bonchev–Trinajstić information content (AvgIpc) is 3.47. The van der Waals surface area contributed by atoms with Crippen LogP contribution in [0, 0.1) is 20.8 Å². The normalized spacial score (nSPS) is 17.2. The lowest BCUT2D eigenvalue weighted by Gasteiger charge is -2.31. The molecule has 3 aromatic carbocycles. The molecule has 1 unspecified atom stereocenters. The number of urea groups is 1. The quantitative estimate of drug-likeness (QED) is 0.326. The summed E-state index contributed by atoms with van der Waals surface area (Å²) in [6, 6.07) is 17.4. The maximum absolute atomic E-state index is 14.0. The number of ether oxygens (including phenoxy) is 1. The van der Waals surface area contributed by atoms with Crippen molar-refractivity contribution in [2.45, 2.75) is 39.4 Å². The first-order valence-corrected chi connectivity index (χ1v) is 15.0. The highest BCUT2D eigenvalue weighted by Gasteiger charge is 2.35. The second kappa shape index (κ2) is 13.8. The van der Waals surface area contributed by atoms with Gasteiger partial charge < -0.3 is 15.0 Å². The minimum Gasteiger partial charge on any atom is -0.379 e. The van der Waals surface area contributed by atoms with Crippen molar-refractivity contribution in [3.8, 4) is 0 Å². The van der Waals surface area contributed by atoms with Gasteiger partial charge in [-0.2, -0.15) is 18.3 Å². The standard InChI is InChI=1S/C34H38F3N5O3/c1-23-4-7-26(8-5-23)31-21-30(27-9-6-24(2)25(3)20-27)39-42(31)32(43)22-41(15-14-40-16-18-45-19-17-40)33(44)38-29-12-10-28(11-13-29)34(35,36)37/h4-13,20,31H,14-19,21-22H2,1-3H3,(H,38,44). The van der Waals surface area contributed by atoms with E-state index in [1.165, 1.54) is 22.0 Å². The number of carbonyl (C=O) groups excluding carboxylic acids is 2. The predicted molar refractivity (Wildman–Crippen MR) is 167 cm³/mol. The van der Waals surface area contributed by atoms with Gasteiger partial charge in [0, 0.05) is 38.3 Å². The minimum absolute atomic E-state index is 0.200. The second-order valence-corrected chi connectivity index (χ2v) is 11.6. The van der Waals surface area contributed by atoms with Crippen molar-refractivity contribution >= 4 is 23.3 Å². The number of alkyl halides is 3. The number of hydrogen-bond donors (Lipinski definition) is 1. The molecule has 0 spiro atoms. The van der Waals surface area contributed by atoms with Crippen LogP contribution < -0.4 is 5.32 Å². The molecule has 1 atom stereocenters. The number of rotatable bonds is 8. The van der Waals surface area contributed by atoms with Gasteiger partial charge in [0.05, 0.1) is 30.5 Å². The molecular weight excluding hydrogens is 583 g/mol. The fraction of sp³-hybridized carbons (Fsp3) is 0.382. The maximum Gasteiger partial charge on any atom is 0.416 e. The van der Waals surface area contributed by atoms with E-state index in [-0.39, 0.29) is 30.7 Å². The summed E-state index contributed by atoms with van der Waals surface area (Å²) in [6.07, 6.45) is -3.97. The molecule has 1 saturated heterocycles. The number of amides is 3. The Morgan fingerprint density at radius 3 is 2.29 bits per heavy atom. The van der Waals surface area contributed by atoms with E-state index < -0.39 is 17.8 Å². The van der Waals surface area contributed by atoms with Crippen molar-refractivity contribution in [1.82, 2.24) is 14.8 Å². The van der Waals surface area contributed by atoms with Crippen LogP contribution in [0.5, 0.6) is 0 Å². The monoisotopic (exact) mass is 621 g/mol. The Balaban J connectivity index is 1.39. The van der Waals surface area contributed by atoms with E-state index in [0.29, 0.717) is 39.3 Å². The first kappa shape index (κ1) is 32.2. The Morgan fingerprint density at radius 2 is 1.64 bits per heavy atom. The van der Waals surface area contributed by atoms with E-state index in [1.54, 1.807) is 0 Å². The van der Waals surface area contributed by atoms with E-state index in [2.05, 4.69) is 16.3 Å². The number of nitrogens with zero attached hydrogens (tertiary/aromatic N) is 4. The van der Waals surface area contributed by atoms with Crippen LogP contribution in [0.25, 0.3) is 0 Å². The van der Waals surface area contributed by atoms with Crippen LogP contribution in [-0.4, -0.2) is 78.4 Å². The van der Waals surface area contributed by atoms with Gasteiger partial charge in [-0.25, -0.2) is 9.80 Å². The number of aryl methyl sites for hydroxylation is 3. The van der Waals surface area contributed by atoms with Gasteiger partial charge >= 0.3 is 12.2 Å². The van der Waals surface area contributed by atoms with Gasteiger partial charge in [0.2, 0.25) is 0 Å². The molecule has 238 valence electrons. The zero-order valence-corrected chi connectivity index (χ0v) is 25.7. The smallest absolute Gasteiger partial charge is 0.379 e. The van der Waals surface area contributed by atoms with Gasteiger partial charge in [0.15, 0.2) is 0 Å². The van der Waals surface area contributed by atoms with E-state index >= 15 is 0 Å². The van der Waals surface area contributed by atoms with Crippen molar-refractivity contribution in [3.05, 3.63) is 100 Å². The zero-order chi connectivity index (χ0) is 32.1. The number of hydrazone groups is 1. The predicted octanol–water partition coefficient (Wildman–Crippen LogP) is 6.17. The zero-order valence-electron chi connectivity index (χ0n) is 25.7. The summed E-state index contributed by atoms with van der Waals surface area (Å²) >= 11 is 0. The van der Waals surface area contributed by atoms with Crippen LogP contribution >= 0.6 is 0 Å². The molecule has 8 nitrogen and oxygen atoms in total. The van der Waals surface area contributed by atoms with Crippen LogP contribution in [0.15, 0.2) is 71.8 Å². The molecule has 11 heteroatoms. The number of carbonyl (C=O) groups is 2. The molecule has 0 aromatic heterocycles. The summed E-state index contributed by atoms with van der Waals surface area (Å²) in [5.74, 6) is -0.357. The molecule has 2 aliphatic rings. The van der Waals surface area contributed by atoms with Gasteiger partial charge in [-0.05, 0) is 73.4 Å². The fourth-order valence-corrected chi connectivity index (χ4v) is 5.40. The highest BCUT2D eigenvalue weighted by atomic mass is 19.4. The fourth-order valence-electron chi connectivity index (χ4n) is 5.40. The second-order valence-electron chi connectivity index (χ2n) is 11.6. The Kier molecular flexibility index (Phi) is 9.89. The third kappa shape index (κ3) is 8.09. The lowest BCUT2D eigenvalue weighted by molar-refractivity contribution is -0.137. The number of nitrogens with one attached hydrogen (secondary N) is 1. The van der Waals surface area contributed by atoms with Crippen LogP contribution in [0.1, 0.15) is 45.8 Å². The first-order chi connectivity index (χ1) is 21.5. The summed E-state index contributed by atoms with van der Waals surface area (Å²) in [6.45, 7) is 9.13. The van der Waals surface area contributed by atoms with Crippen molar-refractivity contribution < 1.29 is 27.5 Å². The third-order valence-electron chi connectivity index (χ3n) is 8.33. The molecule has 1 fully saturated rings. The molecule has 2 heterocycles. The number of anilines is 1. The number of morpholine rings is 1. The topological polar surface area (TPSA) is 77.5 Å². The van der Waals surface area contributed by atoms with Crippen LogP contribution in [0.4, 0.5) is 23.7 Å². The van der Waals surface area contributed by atoms with Crippen molar-refractivity contribution in [3.63, 3.8) is 0 Å². The van der Waals surface area contributed by atoms with E-state index in [4.69, 9.17) is 9.84 Å². The van der Waals surface area contributed by atoms with Gasteiger partial charge in [0.1, 0.15) is 6.54 Å². The van der Waals surface area contributed by atoms with Crippen LogP contribution in [-0.2, 0) is 15.7 Å². The highest BCUT2D eigenvalue weighted by molar-refractivity contribution is 6.03.